The molecule has 0 atom stereocenters. The van der Waals surface area contributed by atoms with Gasteiger partial charge in [-0.3, -0.25) is 9.59 Å². The van der Waals surface area contributed by atoms with E-state index < -0.39 is 41.2 Å². The Kier molecular flexibility index (Phi) is 8.23. The highest BCUT2D eigenvalue weighted by Gasteiger charge is 2.41. The number of pyridine rings is 1. The minimum Gasteiger partial charge on any atom is -0.468 e. The number of aromatic nitrogens is 1. The van der Waals surface area contributed by atoms with Gasteiger partial charge in [0.25, 0.3) is 5.56 Å². The number of ether oxygens (including phenoxy) is 1. The molecule has 1 aromatic heterocycles. The zero-order valence-electron chi connectivity index (χ0n) is 16.3. The van der Waals surface area contributed by atoms with Crippen molar-refractivity contribution in [3.63, 3.8) is 0 Å². The van der Waals surface area contributed by atoms with Crippen LogP contribution in [0.1, 0.15) is 27.9 Å². The van der Waals surface area contributed by atoms with E-state index in [-0.39, 0.29) is 23.1 Å². The molecular formula is C19H20F6N2O3. The Morgan fingerprint density at radius 3 is 2.10 bits per heavy atom. The molecule has 11 heteroatoms. The minimum atomic E-state index is -5.06. The van der Waals surface area contributed by atoms with Crippen molar-refractivity contribution in [1.29, 1.82) is 0 Å². The van der Waals surface area contributed by atoms with Gasteiger partial charge in [-0.25, -0.2) is 0 Å². The number of carbonyl (C=O) groups excluding carboxylic acids is 1. The molecule has 1 aromatic carbocycles. The number of nitrogens with two attached hydrogens (primary N) is 1. The van der Waals surface area contributed by atoms with E-state index >= 15 is 0 Å². The van der Waals surface area contributed by atoms with Crippen LogP contribution in [-0.4, -0.2) is 24.2 Å². The maximum Gasteiger partial charge on any atom is 0.431 e. The summed E-state index contributed by atoms with van der Waals surface area (Å²) in [5, 5.41) is 0. The van der Waals surface area contributed by atoms with Crippen molar-refractivity contribution in [2.45, 2.75) is 25.7 Å². The van der Waals surface area contributed by atoms with Crippen molar-refractivity contribution >= 4 is 5.97 Å². The SMILES string of the molecule is COC(=O)CN.Cc1cccc(Cc2c(C(F)(F)F)cc(C(F)(F)F)n(C)c2=O)c1. The predicted molar refractivity (Wildman–Crippen MR) is 96.7 cm³/mol. The van der Waals surface area contributed by atoms with Gasteiger partial charge in [-0.1, -0.05) is 29.8 Å². The van der Waals surface area contributed by atoms with Crippen molar-refractivity contribution in [2.75, 3.05) is 13.7 Å². The Balaban J connectivity index is 0.000000656. The number of hydrogen-bond acceptors (Lipinski definition) is 4. The van der Waals surface area contributed by atoms with Gasteiger partial charge in [-0.05, 0) is 18.6 Å². The number of esters is 1. The Bertz CT molecular complexity index is 943. The number of rotatable bonds is 3. The molecule has 0 saturated heterocycles. The fourth-order valence-electron chi connectivity index (χ4n) is 2.55. The Hall–Kier alpha value is -2.82. The number of aryl methyl sites for hydroxylation is 1. The van der Waals surface area contributed by atoms with Gasteiger partial charge in [-0.15, -0.1) is 0 Å². The Labute approximate surface area is 168 Å². The van der Waals surface area contributed by atoms with Gasteiger partial charge in [0.1, 0.15) is 5.69 Å². The van der Waals surface area contributed by atoms with Crippen molar-refractivity contribution < 1.29 is 35.9 Å². The van der Waals surface area contributed by atoms with Crippen LogP contribution in [0, 0.1) is 6.92 Å². The zero-order chi connectivity index (χ0) is 23.3. The van der Waals surface area contributed by atoms with Crippen molar-refractivity contribution in [3.8, 4) is 0 Å². The van der Waals surface area contributed by atoms with E-state index in [2.05, 4.69) is 4.74 Å². The van der Waals surface area contributed by atoms with Crippen LogP contribution in [0.15, 0.2) is 35.1 Å². The first-order valence-electron chi connectivity index (χ1n) is 8.42. The van der Waals surface area contributed by atoms with Gasteiger partial charge in [0, 0.05) is 19.0 Å². The van der Waals surface area contributed by atoms with Gasteiger partial charge in [0.2, 0.25) is 0 Å². The summed E-state index contributed by atoms with van der Waals surface area (Å²) in [4.78, 5) is 22.0. The van der Waals surface area contributed by atoms with E-state index in [1.807, 2.05) is 0 Å². The first-order chi connectivity index (χ1) is 13.7. The molecule has 2 rings (SSSR count). The third kappa shape index (κ3) is 6.61. The maximum atomic E-state index is 13.2. The molecule has 0 radical (unpaired) electrons. The van der Waals surface area contributed by atoms with Crippen LogP contribution in [0.2, 0.25) is 0 Å². The van der Waals surface area contributed by atoms with E-state index in [4.69, 9.17) is 5.73 Å². The van der Waals surface area contributed by atoms with E-state index in [1.165, 1.54) is 13.2 Å². The zero-order valence-corrected chi connectivity index (χ0v) is 16.3. The van der Waals surface area contributed by atoms with Crippen LogP contribution >= 0.6 is 0 Å². The monoisotopic (exact) mass is 438 g/mol. The molecule has 2 aromatic rings. The summed E-state index contributed by atoms with van der Waals surface area (Å²) in [6.07, 6.45) is -10.5. The second-order valence-electron chi connectivity index (χ2n) is 6.23. The molecule has 0 bridgehead atoms. The van der Waals surface area contributed by atoms with E-state index in [0.29, 0.717) is 5.56 Å². The van der Waals surface area contributed by atoms with Crippen LogP contribution in [0.5, 0.6) is 0 Å². The quantitative estimate of drug-likeness (QED) is 0.589. The summed E-state index contributed by atoms with van der Waals surface area (Å²) >= 11 is 0. The summed E-state index contributed by atoms with van der Waals surface area (Å²) in [5.74, 6) is -0.380. The number of hydrogen-bond donors (Lipinski definition) is 1. The number of halogens is 6. The topological polar surface area (TPSA) is 74.3 Å². The van der Waals surface area contributed by atoms with Crippen LogP contribution in [0.25, 0.3) is 0 Å². The molecular weight excluding hydrogens is 418 g/mol. The second-order valence-corrected chi connectivity index (χ2v) is 6.23. The molecule has 5 nitrogen and oxygen atoms in total. The normalized spacial score (nSPS) is 11.5. The molecule has 30 heavy (non-hydrogen) atoms. The van der Waals surface area contributed by atoms with Crippen molar-refractivity contribution in [3.05, 3.63) is 68.6 Å². The molecule has 0 spiro atoms. The molecule has 0 unspecified atom stereocenters. The Morgan fingerprint density at radius 2 is 1.70 bits per heavy atom. The minimum absolute atomic E-state index is 0.00741. The highest BCUT2D eigenvalue weighted by molar-refractivity contribution is 5.71. The van der Waals surface area contributed by atoms with Crippen molar-refractivity contribution in [1.82, 2.24) is 4.57 Å². The predicted octanol–water partition coefficient (Wildman–Crippen LogP) is 3.44. The lowest BCUT2D eigenvalue weighted by Gasteiger charge is -2.18. The van der Waals surface area contributed by atoms with Crippen LogP contribution in [0.4, 0.5) is 26.3 Å². The van der Waals surface area contributed by atoms with Gasteiger partial charge in [0.05, 0.1) is 19.2 Å². The average molecular weight is 438 g/mol. The molecule has 0 aliphatic carbocycles. The summed E-state index contributed by atoms with van der Waals surface area (Å²) in [5.41, 5.74) is 0.791. The van der Waals surface area contributed by atoms with Gasteiger partial charge >= 0.3 is 18.3 Å². The lowest BCUT2D eigenvalue weighted by molar-refractivity contribution is -0.148. The fourth-order valence-corrected chi connectivity index (χ4v) is 2.55. The van der Waals surface area contributed by atoms with E-state index in [1.54, 1.807) is 25.1 Å². The molecule has 0 saturated carbocycles. The summed E-state index contributed by atoms with van der Waals surface area (Å²) < 4.78 is 82.6. The lowest BCUT2D eigenvalue weighted by Crippen LogP contribution is -2.32. The second kappa shape index (κ2) is 9.79. The smallest absolute Gasteiger partial charge is 0.431 e. The van der Waals surface area contributed by atoms with Crippen LogP contribution < -0.4 is 11.3 Å². The largest absolute Gasteiger partial charge is 0.468 e. The standard InChI is InChI=1S/C16H13F6NO.C3H7NO2/c1-9-4-3-5-10(6-9)7-11-12(15(17,18)19)8-13(16(20,21)22)23(2)14(11)24;1-6-3(5)2-4/h3-6,8H,7H2,1-2H3;2,4H2,1H3. The van der Waals surface area contributed by atoms with E-state index in [9.17, 15) is 35.9 Å². The first-order valence-corrected chi connectivity index (χ1v) is 8.42. The summed E-state index contributed by atoms with van der Waals surface area (Å²) in [6, 6.07) is 6.42. The molecule has 0 fully saturated rings. The highest BCUT2D eigenvalue weighted by atomic mass is 19.4. The van der Waals surface area contributed by atoms with Gasteiger partial charge in [0.15, 0.2) is 0 Å². The molecule has 166 valence electrons. The average Bonchev–Trinajstić information content (AvgIpc) is 2.63. The fraction of sp³-hybridized carbons (Fsp3) is 0.368. The number of nitrogens with zero attached hydrogens (tertiary/aromatic N) is 1. The van der Waals surface area contributed by atoms with Crippen LogP contribution in [-0.2, 0) is 35.4 Å². The van der Waals surface area contributed by atoms with Crippen LogP contribution in [0.3, 0.4) is 0 Å². The first kappa shape index (κ1) is 25.2. The summed E-state index contributed by atoms with van der Waals surface area (Å²) in [7, 11) is 2.11. The molecule has 0 aliphatic rings. The highest BCUT2D eigenvalue weighted by Crippen LogP contribution is 2.36. The summed E-state index contributed by atoms with van der Waals surface area (Å²) in [6.45, 7) is 1.69. The number of alkyl halides is 6. The number of methoxy groups -OCH3 is 1. The van der Waals surface area contributed by atoms with E-state index in [0.717, 1.165) is 12.6 Å². The lowest BCUT2D eigenvalue weighted by atomic mass is 9.99. The van der Waals surface area contributed by atoms with Crippen molar-refractivity contribution in [2.24, 2.45) is 12.8 Å². The molecule has 2 N–H and O–H groups in total. The third-order valence-corrected chi connectivity index (χ3v) is 3.98. The molecule has 0 amide bonds. The molecule has 1 heterocycles. The van der Waals surface area contributed by atoms with Gasteiger partial charge < -0.3 is 15.0 Å². The number of carbonyl (C=O) groups is 1. The third-order valence-electron chi connectivity index (χ3n) is 3.98. The maximum absolute atomic E-state index is 13.2. The number of benzene rings is 1. The molecule has 0 aliphatic heterocycles. The Morgan fingerprint density at radius 1 is 1.10 bits per heavy atom. The van der Waals surface area contributed by atoms with Gasteiger partial charge in [-0.2, -0.15) is 26.3 Å².